The number of halogens is 2. The van der Waals surface area contributed by atoms with Gasteiger partial charge in [0.2, 0.25) is 0 Å². The summed E-state index contributed by atoms with van der Waals surface area (Å²) >= 11 is 0. The lowest BCUT2D eigenvalue weighted by Crippen LogP contribution is -1.95. The Hall–Kier alpha value is -0.250. The number of aromatic nitrogens is 2. The number of nitrogens with zero attached hydrogens (tertiary/aromatic N) is 2. The first-order chi connectivity index (χ1) is 4.77. The Balaban J connectivity index is 0. The molecule has 0 aliphatic rings. The number of hydrogen-bond acceptors (Lipinski definition) is 2. The summed E-state index contributed by atoms with van der Waals surface area (Å²) in [6, 6.07) is 0. The second-order valence-electron chi connectivity index (χ2n) is 2.30. The predicted molar refractivity (Wildman–Crippen MR) is 55.0 cm³/mol. The first-order valence-corrected chi connectivity index (χ1v) is 3.51. The Morgan fingerprint density at radius 1 is 1.50 bits per heavy atom. The first kappa shape index (κ1) is 14.3. The Morgan fingerprint density at radius 3 is 2.33 bits per heavy atom. The second-order valence-corrected chi connectivity index (χ2v) is 2.30. The van der Waals surface area contributed by atoms with E-state index in [0.29, 0.717) is 6.54 Å². The van der Waals surface area contributed by atoms with Crippen LogP contribution in [0.5, 0.6) is 0 Å². The summed E-state index contributed by atoms with van der Waals surface area (Å²) in [5.74, 6) is 0. The van der Waals surface area contributed by atoms with Gasteiger partial charge in [0.15, 0.2) is 0 Å². The molecule has 0 saturated heterocycles. The van der Waals surface area contributed by atoms with Gasteiger partial charge in [-0.25, -0.2) is 0 Å². The standard InChI is InChI=1S/C7H13N3.2ClH/c1-3-10-5-7(4-8)6(2)9-10;;/h5H,3-4,8H2,1-2H3;2*1H. The summed E-state index contributed by atoms with van der Waals surface area (Å²) in [4.78, 5) is 0. The number of hydrogen-bond donors (Lipinski definition) is 1. The van der Waals surface area contributed by atoms with Crippen molar-refractivity contribution in [1.82, 2.24) is 9.78 Å². The zero-order chi connectivity index (χ0) is 7.56. The SMILES string of the molecule is CCn1cc(CN)c(C)n1.Cl.Cl. The van der Waals surface area contributed by atoms with E-state index < -0.39 is 0 Å². The van der Waals surface area contributed by atoms with Gasteiger partial charge >= 0.3 is 0 Å². The summed E-state index contributed by atoms with van der Waals surface area (Å²) < 4.78 is 1.90. The van der Waals surface area contributed by atoms with Crippen LogP contribution in [0.2, 0.25) is 0 Å². The molecular weight excluding hydrogens is 197 g/mol. The molecule has 0 amide bonds. The van der Waals surface area contributed by atoms with Gasteiger partial charge in [0, 0.05) is 24.8 Å². The van der Waals surface area contributed by atoms with Crippen molar-refractivity contribution in [3.05, 3.63) is 17.5 Å². The minimum absolute atomic E-state index is 0. The highest BCUT2D eigenvalue weighted by molar-refractivity contribution is 5.85. The summed E-state index contributed by atoms with van der Waals surface area (Å²) in [6.45, 7) is 5.55. The van der Waals surface area contributed by atoms with Crippen LogP contribution in [-0.4, -0.2) is 9.78 Å². The Kier molecular flexibility index (Phi) is 7.48. The zero-order valence-electron chi connectivity index (χ0n) is 7.28. The molecule has 0 atom stereocenters. The van der Waals surface area contributed by atoms with Gasteiger partial charge in [0.1, 0.15) is 0 Å². The average Bonchev–Trinajstić information content (AvgIpc) is 2.30. The maximum Gasteiger partial charge on any atom is 0.0638 e. The summed E-state index contributed by atoms with van der Waals surface area (Å²) in [6.07, 6.45) is 2.00. The number of rotatable bonds is 2. The van der Waals surface area contributed by atoms with Crippen LogP contribution in [0.1, 0.15) is 18.2 Å². The van der Waals surface area contributed by atoms with E-state index in [1.807, 2.05) is 17.8 Å². The van der Waals surface area contributed by atoms with Crippen molar-refractivity contribution in [2.24, 2.45) is 5.73 Å². The van der Waals surface area contributed by atoms with Gasteiger partial charge < -0.3 is 5.73 Å². The molecule has 0 aromatic carbocycles. The molecule has 0 radical (unpaired) electrons. The van der Waals surface area contributed by atoms with Crippen LogP contribution in [0.4, 0.5) is 0 Å². The summed E-state index contributed by atoms with van der Waals surface area (Å²) in [5.41, 5.74) is 7.65. The van der Waals surface area contributed by atoms with Gasteiger partial charge in [0.25, 0.3) is 0 Å². The molecule has 3 nitrogen and oxygen atoms in total. The molecule has 1 aromatic rings. The topological polar surface area (TPSA) is 43.8 Å². The Morgan fingerprint density at radius 2 is 2.08 bits per heavy atom. The Bertz CT molecular complexity index is 222. The molecule has 1 rings (SSSR count). The van der Waals surface area contributed by atoms with E-state index in [-0.39, 0.29) is 24.8 Å². The highest BCUT2D eigenvalue weighted by atomic mass is 35.5. The molecule has 1 aromatic heterocycles. The van der Waals surface area contributed by atoms with E-state index in [4.69, 9.17) is 5.73 Å². The van der Waals surface area contributed by atoms with Crippen LogP contribution in [0, 0.1) is 6.92 Å². The molecule has 0 spiro atoms. The Labute approximate surface area is 85.1 Å². The largest absolute Gasteiger partial charge is 0.326 e. The lowest BCUT2D eigenvalue weighted by atomic mass is 10.3. The smallest absolute Gasteiger partial charge is 0.0638 e. The molecule has 2 N–H and O–H groups in total. The molecule has 72 valence electrons. The van der Waals surface area contributed by atoms with Crippen molar-refractivity contribution in [1.29, 1.82) is 0 Å². The van der Waals surface area contributed by atoms with E-state index in [1.165, 1.54) is 0 Å². The second kappa shape index (κ2) is 6.29. The van der Waals surface area contributed by atoms with Crippen molar-refractivity contribution < 1.29 is 0 Å². The van der Waals surface area contributed by atoms with Crippen molar-refractivity contribution in [2.45, 2.75) is 26.9 Å². The van der Waals surface area contributed by atoms with Crippen LogP contribution in [0.15, 0.2) is 6.20 Å². The quantitative estimate of drug-likeness (QED) is 0.807. The molecule has 0 aliphatic carbocycles. The molecular formula is C7H15Cl2N3. The van der Waals surface area contributed by atoms with Gasteiger partial charge in [-0.3, -0.25) is 4.68 Å². The molecule has 0 bridgehead atoms. The highest BCUT2D eigenvalue weighted by Crippen LogP contribution is 2.02. The van der Waals surface area contributed by atoms with Gasteiger partial charge in [-0.05, 0) is 13.8 Å². The van der Waals surface area contributed by atoms with E-state index >= 15 is 0 Å². The molecule has 0 aliphatic heterocycles. The monoisotopic (exact) mass is 211 g/mol. The lowest BCUT2D eigenvalue weighted by Gasteiger charge is -1.89. The molecule has 12 heavy (non-hydrogen) atoms. The van der Waals surface area contributed by atoms with Crippen LogP contribution in [0.3, 0.4) is 0 Å². The van der Waals surface area contributed by atoms with Crippen LogP contribution < -0.4 is 5.73 Å². The summed E-state index contributed by atoms with van der Waals surface area (Å²) in [5, 5.41) is 4.24. The van der Waals surface area contributed by atoms with Gasteiger partial charge in [-0.1, -0.05) is 0 Å². The van der Waals surface area contributed by atoms with Crippen LogP contribution in [0.25, 0.3) is 0 Å². The normalized spacial score (nSPS) is 8.58. The van der Waals surface area contributed by atoms with E-state index in [1.54, 1.807) is 0 Å². The zero-order valence-corrected chi connectivity index (χ0v) is 8.91. The van der Waals surface area contributed by atoms with E-state index in [2.05, 4.69) is 12.0 Å². The van der Waals surface area contributed by atoms with E-state index in [9.17, 15) is 0 Å². The van der Waals surface area contributed by atoms with Crippen molar-refractivity contribution in [3.63, 3.8) is 0 Å². The maximum atomic E-state index is 5.47. The van der Waals surface area contributed by atoms with Gasteiger partial charge in [-0.2, -0.15) is 5.10 Å². The molecule has 1 heterocycles. The lowest BCUT2D eigenvalue weighted by molar-refractivity contribution is 0.653. The van der Waals surface area contributed by atoms with Crippen LogP contribution >= 0.6 is 24.8 Å². The maximum absolute atomic E-state index is 5.47. The number of aryl methyl sites for hydroxylation is 2. The minimum Gasteiger partial charge on any atom is -0.326 e. The molecule has 0 unspecified atom stereocenters. The van der Waals surface area contributed by atoms with Gasteiger partial charge in [0.05, 0.1) is 5.69 Å². The molecule has 0 fully saturated rings. The minimum atomic E-state index is 0. The van der Waals surface area contributed by atoms with Crippen molar-refractivity contribution >= 4 is 24.8 Å². The fourth-order valence-corrected chi connectivity index (χ4v) is 0.921. The summed E-state index contributed by atoms with van der Waals surface area (Å²) in [7, 11) is 0. The first-order valence-electron chi connectivity index (χ1n) is 3.51. The molecule has 5 heteroatoms. The third-order valence-corrected chi connectivity index (χ3v) is 1.59. The fraction of sp³-hybridized carbons (Fsp3) is 0.571. The highest BCUT2D eigenvalue weighted by Gasteiger charge is 1.99. The van der Waals surface area contributed by atoms with Crippen LogP contribution in [-0.2, 0) is 13.1 Å². The van der Waals surface area contributed by atoms with Crippen molar-refractivity contribution in [3.8, 4) is 0 Å². The molecule has 0 saturated carbocycles. The number of nitrogens with two attached hydrogens (primary N) is 1. The average molecular weight is 212 g/mol. The fourth-order valence-electron chi connectivity index (χ4n) is 0.921. The van der Waals surface area contributed by atoms with E-state index in [0.717, 1.165) is 17.8 Å². The predicted octanol–water partition coefficient (Wildman–Crippen LogP) is 1.51. The van der Waals surface area contributed by atoms with Crippen molar-refractivity contribution in [2.75, 3.05) is 0 Å². The van der Waals surface area contributed by atoms with Gasteiger partial charge in [-0.15, -0.1) is 24.8 Å². The third kappa shape index (κ3) is 3.01. The third-order valence-electron chi connectivity index (χ3n) is 1.59.